The molecule has 0 amide bonds. The van der Waals surface area contributed by atoms with Gasteiger partial charge in [-0.2, -0.15) is 0 Å². The van der Waals surface area contributed by atoms with Crippen molar-refractivity contribution < 1.29 is 10.2 Å². The van der Waals surface area contributed by atoms with Gasteiger partial charge in [0.25, 0.3) is 0 Å². The zero-order valence-electron chi connectivity index (χ0n) is 8.61. The van der Waals surface area contributed by atoms with Crippen LogP contribution < -0.4 is 0 Å². The molecule has 80 valence electrons. The monoisotopic (exact) mass is 205 g/mol. The Balaban J connectivity index is 2.09. The highest BCUT2D eigenvalue weighted by molar-refractivity contribution is 5.48. The Bertz CT molecular complexity index is 403. The number of aromatic hydroxyl groups is 2. The van der Waals surface area contributed by atoms with Gasteiger partial charge >= 0.3 is 0 Å². The standard InChI is InChI=1S/C12H15NO2/c14-11-6-8-3-5-13-4-1-2-10(13)9(8)7-12(11)15/h6-7,10,14-15H,1-5H2/t10-/m0/s1. The average molecular weight is 205 g/mol. The number of phenolic OH excluding ortho intramolecular Hbond substituents is 2. The van der Waals surface area contributed by atoms with Crippen LogP contribution in [0.1, 0.15) is 30.0 Å². The van der Waals surface area contributed by atoms with Crippen LogP contribution in [0.2, 0.25) is 0 Å². The molecule has 15 heavy (non-hydrogen) atoms. The zero-order valence-corrected chi connectivity index (χ0v) is 8.61. The summed E-state index contributed by atoms with van der Waals surface area (Å²) < 4.78 is 0. The summed E-state index contributed by atoms with van der Waals surface area (Å²) in [5.74, 6) is 0.0303. The Morgan fingerprint density at radius 3 is 2.80 bits per heavy atom. The highest BCUT2D eigenvalue weighted by atomic mass is 16.3. The molecule has 0 spiro atoms. The SMILES string of the molecule is Oc1cc2c(cc1O)[C@@H]1CCCN1CC2. The number of benzene rings is 1. The molecule has 0 radical (unpaired) electrons. The highest BCUT2D eigenvalue weighted by Gasteiger charge is 2.31. The second-order valence-electron chi connectivity index (χ2n) is 4.48. The first-order chi connectivity index (χ1) is 7.25. The summed E-state index contributed by atoms with van der Waals surface area (Å²) in [6.45, 7) is 2.26. The Hall–Kier alpha value is -1.22. The Kier molecular flexibility index (Phi) is 1.89. The van der Waals surface area contributed by atoms with Gasteiger partial charge in [-0.15, -0.1) is 0 Å². The lowest BCUT2D eigenvalue weighted by molar-refractivity contribution is 0.242. The van der Waals surface area contributed by atoms with Crippen molar-refractivity contribution in [2.75, 3.05) is 13.1 Å². The van der Waals surface area contributed by atoms with Crippen molar-refractivity contribution in [2.24, 2.45) is 0 Å². The van der Waals surface area contributed by atoms with E-state index in [1.807, 2.05) is 0 Å². The van der Waals surface area contributed by atoms with E-state index in [1.165, 1.54) is 30.5 Å². The fraction of sp³-hybridized carbons (Fsp3) is 0.500. The summed E-state index contributed by atoms with van der Waals surface area (Å²) in [6, 6.07) is 3.94. The van der Waals surface area contributed by atoms with Crippen molar-refractivity contribution in [2.45, 2.75) is 25.3 Å². The van der Waals surface area contributed by atoms with E-state index in [0.717, 1.165) is 13.0 Å². The molecule has 3 rings (SSSR count). The van der Waals surface area contributed by atoms with E-state index >= 15 is 0 Å². The van der Waals surface area contributed by atoms with Gasteiger partial charge in [-0.3, -0.25) is 4.90 Å². The minimum Gasteiger partial charge on any atom is -0.504 e. The van der Waals surface area contributed by atoms with Crippen molar-refractivity contribution in [3.8, 4) is 11.5 Å². The van der Waals surface area contributed by atoms with Gasteiger partial charge < -0.3 is 10.2 Å². The number of phenols is 2. The van der Waals surface area contributed by atoms with Crippen LogP contribution >= 0.6 is 0 Å². The molecule has 2 aliphatic rings. The van der Waals surface area contributed by atoms with Crippen LogP contribution in [0.5, 0.6) is 11.5 Å². The number of hydrogen-bond acceptors (Lipinski definition) is 3. The molecule has 1 saturated heterocycles. The lowest BCUT2D eigenvalue weighted by Gasteiger charge is -2.31. The van der Waals surface area contributed by atoms with Gasteiger partial charge in [-0.05, 0) is 49.1 Å². The van der Waals surface area contributed by atoms with Crippen LogP contribution in [-0.4, -0.2) is 28.2 Å². The summed E-state index contributed by atoms with van der Waals surface area (Å²) in [4.78, 5) is 2.47. The van der Waals surface area contributed by atoms with E-state index in [0.29, 0.717) is 6.04 Å². The van der Waals surface area contributed by atoms with E-state index in [4.69, 9.17) is 0 Å². The molecule has 0 unspecified atom stereocenters. The lowest BCUT2D eigenvalue weighted by atomic mass is 9.92. The number of rotatable bonds is 0. The minimum absolute atomic E-state index is 0.0141. The first kappa shape index (κ1) is 9.04. The topological polar surface area (TPSA) is 43.7 Å². The quantitative estimate of drug-likeness (QED) is 0.635. The summed E-state index contributed by atoms with van der Waals surface area (Å²) in [6.07, 6.45) is 3.41. The Morgan fingerprint density at radius 2 is 1.93 bits per heavy atom. The summed E-state index contributed by atoms with van der Waals surface area (Å²) >= 11 is 0. The Morgan fingerprint density at radius 1 is 1.13 bits per heavy atom. The molecule has 3 heteroatoms. The van der Waals surface area contributed by atoms with Crippen molar-refractivity contribution in [1.29, 1.82) is 0 Å². The Labute approximate surface area is 89.0 Å². The molecule has 1 aromatic carbocycles. The van der Waals surface area contributed by atoms with Crippen LogP contribution in [0.3, 0.4) is 0 Å². The molecule has 2 aliphatic heterocycles. The zero-order chi connectivity index (χ0) is 10.4. The first-order valence-electron chi connectivity index (χ1n) is 5.54. The number of fused-ring (bicyclic) bond motifs is 3. The first-order valence-corrected chi connectivity index (χ1v) is 5.54. The van der Waals surface area contributed by atoms with Crippen LogP contribution in [-0.2, 0) is 6.42 Å². The van der Waals surface area contributed by atoms with Gasteiger partial charge in [-0.1, -0.05) is 0 Å². The maximum Gasteiger partial charge on any atom is 0.157 e. The fourth-order valence-corrected chi connectivity index (χ4v) is 2.87. The molecule has 1 aromatic rings. The summed E-state index contributed by atoms with van der Waals surface area (Å²) in [5, 5.41) is 19.0. The second kappa shape index (κ2) is 3.14. The van der Waals surface area contributed by atoms with Crippen LogP contribution in [0, 0.1) is 0 Å². The molecule has 3 nitrogen and oxygen atoms in total. The third-order valence-corrected chi connectivity index (χ3v) is 3.63. The van der Waals surface area contributed by atoms with Crippen LogP contribution in [0.25, 0.3) is 0 Å². The maximum absolute atomic E-state index is 9.53. The minimum atomic E-state index is 0.0141. The smallest absolute Gasteiger partial charge is 0.157 e. The van der Waals surface area contributed by atoms with Crippen LogP contribution in [0.4, 0.5) is 0 Å². The van der Waals surface area contributed by atoms with Gasteiger partial charge in [0.05, 0.1) is 0 Å². The predicted molar refractivity (Wildman–Crippen MR) is 57.0 cm³/mol. The molecule has 1 atom stereocenters. The van der Waals surface area contributed by atoms with E-state index in [-0.39, 0.29) is 11.5 Å². The largest absolute Gasteiger partial charge is 0.504 e. The average Bonchev–Trinajstić information content (AvgIpc) is 2.68. The van der Waals surface area contributed by atoms with E-state index in [9.17, 15) is 10.2 Å². The lowest BCUT2D eigenvalue weighted by Crippen LogP contribution is -2.30. The van der Waals surface area contributed by atoms with Crippen LogP contribution in [0.15, 0.2) is 12.1 Å². The molecule has 1 fully saturated rings. The molecule has 2 N–H and O–H groups in total. The second-order valence-corrected chi connectivity index (χ2v) is 4.48. The van der Waals surface area contributed by atoms with E-state index in [1.54, 1.807) is 12.1 Å². The maximum atomic E-state index is 9.53. The molecule has 0 aromatic heterocycles. The van der Waals surface area contributed by atoms with Crippen molar-refractivity contribution in [1.82, 2.24) is 4.90 Å². The molecule has 0 saturated carbocycles. The van der Waals surface area contributed by atoms with Crippen molar-refractivity contribution >= 4 is 0 Å². The molecule has 0 bridgehead atoms. The van der Waals surface area contributed by atoms with Gasteiger partial charge in [-0.25, -0.2) is 0 Å². The number of nitrogens with zero attached hydrogens (tertiary/aromatic N) is 1. The van der Waals surface area contributed by atoms with Gasteiger partial charge in [0, 0.05) is 12.6 Å². The van der Waals surface area contributed by atoms with E-state index < -0.39 is 0 Å². The van der Waals surface area contributed by atoms with Gasteiger partial charge in [0.15, 0.2) is 11.5 Å². The molecule has 0 aliphatic carbocycles. The third-order valence-electron chi connectivity index (χ3n) is 3.63. The van der Waals surface area contributed by atoms with E-state index in [2.05, 4.69) is 4.90 Å². The molecular weight excluding hydrogens is 190 g/mol. The summed E-state index contributed by atoms with van der Waals surface area (Å²) in [7, 11) is 0. The molecule has 2 heterocycles. The fourth-order valence-electron chi connectivity index (χ4n) is 2.87. The predicted octanol–water partition coefficient (Wildman–Crippen LogP) is 1.79. The summed E-state index contributed by atoms with van der Waals surface area (Å²) in [5.41, 5.74) is 2.42. The van der Waals surface area contributed by atoms with Crippen molar-refractivity contribution in [3.63, 3.8) is 0 Å². The third kappa shape index (κ3) is 1.30. The van der Waals surface area contributed by atoms with Gasteiger partial charge in [0.2, 0.25) is 0 Å². The normalized spacial score (nSPS) is 24.9. The van der Waals surface area contributed by atoms with Gasteiger partial charge in [0.1, 0.15) is 0 Å². The highest BCUT2D eigenvalue weighted by Crippen LogP contribution is 2.41. The number of hydrogen-bond donors (Lipinski definition) is 2. The van der Waals surface area contributed by atoms with Crippen molar-refractivity contribution in [3.05, 3.63) is 23.3 Å². The molecular formula is C12H15NO2.